The highest BCUT2D eigenvalue weighted by molar-refractivity contribution is 5.47. The first-order chi connectivity index (χ1) is 9.99. The minimum absolute atomic E-state index is 0.229. The molecule has 0 aliphatic carbocycles. The molecule has 2 N–H and O–H groups in total. The molecule has 2 aromatic carbocycles. The van der Waals surface area contributed by atoms with Gasteiger partial charge in [-0.15, -0.1) is 0 Å². The van der Waals surface area contributed by atoms with Crippen LogP contribution in [0.15, 0.2) is 42.5 Å². The van der Waals surface area contributed by atoms with Crippen molar-refractivity contribution in [2.45, 2.75) is 19.4 Å². The van der Waals surface area contributed by atoms with Crippen molar-refractivity contribution in [3.05, 3.63) is 65.2 Å². The van der Waals surface area contributed by atoms with Gasteiger partial charge in [-0.1, -0.05) is 24.3 Å². The molecule has 1 unspecified atom stereocenters. The molecule has 2 rings (SSSR count). The van der Waals surface area contributed by atoms with Gasteiger partial charge in [-0.25, -0.2) is 8.78 Å². The van der Waals surface area contributed by atoms with Crippen molar-refractivity contribution in [1.82, 2.24) is 0 Å². The molecule has 0 radical (unpaired) electrons. The van der Waals surface area contributed by atoms with Gasteiger partial charge < -0.3 is 10.6 Å². The van der Waals surface area contributed by atoms with Crippen LogP contribution < -0.4 is 10.6 Å². The van der Waals surface area contributed by atoms with Crippen LogP contribution in [0, 0.1) is 18.6 Å². The average Bonchev–Trinajstić information content (AvgIpc) is 2.47. The maximum atomic E-state index is 13.7. The number of anilines is 1. The Morgan fingerprint density at radius 3 is 2.57 bits per heavy atom. The Labute approximate surface area is 124 Å². The molecule has 21 heavy (non-hydrogen) atoms. The van der Waals surface area contributed by atoms with Crippen LogP contribution in [0.3, 0.4) is 0 Å². The monoisotopic (exact) mass is 290 g/mol. The molecule has 0 heterocycles. The molecule has 0 aliphatic rings. The van der Waals surface area contributed by atoms with E-state index in [1.165, 1.54) is 17.7 Å². The van der Waals surface area contributed by atoms with E-state index in [0.29, 0.717) is 13.0 Å². The fraction of sp³-hybridized carbons (Fsp3) is 0.294. The Kier molecular flexibility index (Phi) is 4.91. The maximum absolute atomic E-state index is 13.7. The summed E-state index contributed by atoms with van der Waals surface area (Å²) in [6, 6.07) is 11.7. The van der Waals surface area contributed by atoms with Crippen molar-refractivity contribution in [3.63, 3.8) is 0 Å². The van der Waals surface area contributed by atoms with Crippen molar-refractivity contribution in [1.29, 1.82) is 0 Å². The molecule has 0 spiro atoms. The molecule has 2 aromatic rings. The number of benzene rings is 2. The predicted molar refractivity (Wildman–Crippen MR) is 82.4 cm³/mol. The van der Waals surface area contributed by atoms with Crippen LogP contribution in [-0.2, 0) is 0 Å². The molecule has 0 saturated carbocycles. The van der Waals surface area contributed by atoms with E-state index in [1.54, 1.807) is 0 Å². The van der Waals surface area contributed by atoms with E-state index in [1.807, 2.05) is 32.2 Å². The van der Waals surface area contributed by atoms with Gasteiger partial charge in [-0.2, -0.15) is 0 Å². The number of nitrogens with two attached hydrogens (primary N) is 1. The van der Waals surface area contributed by atoms with Gasteiger partial charge in [0.2, 0.25) is 0 Å². The van der Waals surface area contributed by atoms with Crippen molar-refractivity contribution in [2.75, 3.05) is 18.5 Å². The highest BCUT2D eigenvalue weighted by Crippen LogP contribution is 2.21. The zero-order chi connectivity index (χ0) is 15.4. The molecule has 0 aliphatic heterocycles. The Morgan fingerprint density at radius 2 is 1.86 bits per heavy atom. The number of hydrogen-bond acceptors (Lipinski definition) is 2. The van der Waals surface area contributed by atoms with Crippen LogP contribution >= 0.6 is 0 Å². The molecule has 0 fully saturated rings. The summed E-state index contributed by atoms with van der Waals surface area (Å²) in [5.74, 6) is -1.70. The van der Waals surface area contributed by atoms with Gasteiger partial charge in [0.1, 0.15) is 0 Å². The van der Waals surface area contributed by atoms with Crippen LogP contribution in [0.25, 0.3) is 0 Å². The Bertz CT molecular complexity index is 613. The van der Waals surface area contributed by atoms with E-state index in [2.05, 4.69) is 11.0 Å². The minimum atomic E-state index is -0.852. The van der Waals surface area contributed by atoms with Gasteiger partial charge in [0.05, 0.1) is 0 Å². The normalized spacial score (nSPS) is 12.2. The smallest absolute Gasteiger partial charge is 0.163 e. The van der Waals surface area contributed by atoms with Gasteiger partial charge in [-0.3, -0.25) is 0 Å². The van der Waals surface area contributed by atoms with Crippen molar-refractivity contribution < 1.29 is 8.78 Å². The number of hydrogen-bond donors (Lipinski definition) is 1. The van der Waals surface area contributed by atoms with E-state index >= 15 is 0 Å². The Balaban J connectivity index is 2.00. The van der Waals surface area contributed by atoms with Crippen molar-refractivity contribution >= 4 is 5.69 Å². The highest BCUT2D eigenvalue weighted by Gasteiger charge is 2.15. The van der Waals surface area contributed by atoms with E-state index in [0.717, 1.165) is 11.8 Å². The molecule has 4 heteroatoms. The first-order valence-electron chi connectivity index (χ1n) is 6.96. The van der Waals surface area contributed by atoms with Gasteiger partial charge in [0, 0.05) is 30.9 Å². The highest BCUT2D eigenvalue weighted by atomic mass is 19.2. The number of aryl methyl sites for hydroxylation is 1. The first kappa shape index (κ1) is 15.4. The van der Waals surface area contributed by atoms with Crippen LogP contribution in [0.5, 0.6) is 0 Å². The standard InChI is InChI=1S/C17H20F2N2/c1-12-5-3-6-13(11-12)21(2)10-9-16(20)14-7-4-8-15(18)17(14)19/h3-8,11,16H,9-10,20H2,1-2H3. The number of rotatable bonds is 5. The number of nitrogens with zero attached hydrogens (tertiary/aromatic N) is 1. The van der Waals surface area contributed by atoms with E-state index in [-0.39, 0.29) is 5.56 Å². The third-order valence-electron chi connectivity index (χ3n) is 3.60. The quantitative estimate of drug-likeness (QED) is 0.907. The molecule has 1 atom stereocenters. The average molecular weight is 290 g/mol. The topological polar surface area (TPSA) is 29.3 Å². The van der Waals surface area contributed by atoms with E-state index in [9.17, 15) is 8.78 Å². The summed E-state index contributed by atoms with van der Waals surface area (Å²) in [7, 11) is 1.96. The molecule has 0 saturated heterocycles. The van der Waals surface area contributed by atoms with Crippen molar-refractivity contribution in [3.8, 4) is 0 Å². The summed E-state index contributed by atoms with van der Waals surface area (Å²) in [5.41, 5.74) is 8.48. The third kappa shape index (κ3) is 3.79. The molecular weight excluding hydrogens is 270 g/mol. The minimum Gasteiger partial charge on any atom is -0.375 e. The largest absolute Gasteiger partial charge is 0.375 e. The van der Waals surface area contributed by atoms with Gasteiger partial charge in [-0.05, 0) is 37.1 Å². The Morgan fingerprint density at radius 1 is 1.14 bits per heavy atom. The van der Waals surface area contributed by atoms with E-state index in [4.69, 9.17) is 5.73 Å². The summed E-state index contributed by atoms with van der Waals surface area (Å²) in [6.07, 6.45) is 0.546. The second kappa shape index (κ2) is 6.68. The fourth-order valence-electron chi connectivity index (χ4n) is 2.29. The van der Waals surface area contributed by atoms with Crippen LogP contribution in [0.4, 0.5) is 14.5 Å². The zero-order valence-corrected chi connectivity index (χ0v) is 12.3. The second-order valence-corrected chi connectivity index (χ2v) is 5.30. The Hall–Kier alpha value is -1.94. The SMILES string of the molecule is Cc1cccc(N(C)CCC(N)c2cccc(F)c2F)c1. The van der Waals surface area contributed by atoms with Gasteiger partial charge in [0.15, 0.2) is 11.6 Å². The lowest BCUT2D eigenvalue weighted by molar-refractivity contribution is 0.484. The second-order valence-electron chi connectivity index (χ2n) is 5.30. The molecule has 0 bridgehead atoms. The first-order valence-corrected chi connectivity index (χ1v) is 6.96. The summed E-state index contributed by atoms with van der Waals surface area (Å²) < 4.78 is 26.9. The van der Waals surface area contributed by atoms with Gasteiger partial charge >= 0.3 is 0 Å². The van der Waals surface area contributed by atoms with Crippen LogP contribution in [0.1, 0.15) is 23.6 Å². The summed E-state index contributed by atoms with van der Waals surface area (Å²) in [4.78, 5) is 2.06. The maximum Gasteiger partial charge on any atom is 0.163 e. The summed E-state index contributed by atoms with van der Waals surface area (Å²) >= 11 is 0. The van der Waals surface area contributed by atoms with E-state index < -0.39 is 17.7 Å². The lowest BCUT2D eigenvalue weighted by atomic mass is 10.0. The molecule has 2 nitrogen and oxygen atoms in total. The van der Waals surface area contributed by atoms with Crippen molar-refractivity contribution in [2.24, 2.45) is 5.73 Å². The number of halogens is 2. The lowest BCUT2D eigenvalue weighted by Gasteiger charge is -2.22. The predicted octanol–water partition coefficient (Wildman–Crippen LogP) is 3.80. The lowest BCUT2D eigenvalue weighted by Crippen LogP contribution is -2.24. The molecule has 0 amide bonds. The molecule has 112 valence electrons. The fourth-order valence-corrected chi connectivity index (χ4v) is 2.29. The third-order valence-corrected chi connectivity index (χ3v) is 3.60. The van der Waals surface area contributed by atoms with Crippen LogP contribution in [-0.4, -0.2) is 13.6 Å². The summed E-state index contributed by atoms with van der Waals surface area (Å²) in [5, 5.41) is 0. The zero-order valence-electron chi connectivity index (χ0n) is 12.3. The summed E-state index contributed by atoms with van der Waals surface area (Å²) in [6.45, 7) is 2.70. The van der Waals surface area contributed by atoms with Crippen LogP contribution in [0.2, 0.25) is 0 Å². The molecule has 0 aromatic heterocycles. The van der Waals surface area contributed by atoms with Gasteiger partial charge in [0.25, 0.3) is 0 Å². The molecular formula is C17H20F2N2.